The van der Waals surface area contributed by atoms with Gasteiger partial charge in [-0.1, -0.05) is 6.42 Å². The van der Waals surface area contributed by atoms with E-state index in [1.54, 1.807) is 11.8 Å². The lowest BCUT2D eigenvalue weighted by molar-refractivity contribution is -0.139. The molecule has 1 heterocycles. The molecule has 146 valence electrons. The molecule has 4 nitrogen and oxygen atoms in total. The summed E-state index contributed by atoms with van der Waals surface area (Å²) in [5.41, 5.74) is -0.543. The minimum absolute atomic E-state index is 0.0328. The predicted molar refractivity (Wildman–Crippen MR) is 90.4 cm³/mol. The molecule has 2 fully saturated rings. The highest BCUT2D eigenvalue weighted by Crippen LogP contribution is 2.37. The Kier molecular flexibility index (Phi) is 6.28. The lowest BCUT2D eigenvalue weighted by atomic mass is 9.91. The number of nitrogens with zero attached hydrogens (tertiary/aromatic N) is 1. The van der Waals surface area contributed by atoms with Crippen LogP contribution in [-0.4, -0.2) is 47.4 Å². The molecule has 0 bridgehead atoms. The first-order chi connectivity index (χ1) is 11.5. The van der Waals surface area contributed by atoms with Crippen molar-refractivity contribution in [3.8, 4) is 0 Å². The number of hydrogen-bond donors (Lipinski definition) is 1. The van der Waals surface area contributed by atoms with E-state index in [0.29, 0.717) is 6.54 Å². The fraction of sp³-hybridized carbons (Fsp3) is 0.944. The normalized spacial score (nSPS) is 29.1. The van der Waals surface area contributed by atoms with Gasteiger partial charge in [-0.15, -0.1) is 0 Å². The summed E-state index contributed by atoms with van der Waals surface area (Å²) >= 11 is 0. The molecule has 0 aromatic carbocycles. The average molecular weight is 364 g/mol. The topological polar surface area (TPSA) is 41.6 Å². The van der Waals surface area contributed by atoms with Gasteiger partial charge in [-0.2, -0.15) is 13.2 Å². The standard InChI is InChI=1S/C18H31F3N2O2/c1-12(11-18(19,20)21)22-14-8-5-7-13(14)15-9-6-10-23(15)16(24)25-17(2,3)4/h12-15,22H,5-11H2,1-4H3. The molecular formula is C18H31F3N2O2. The van der Waals surface area contributed by atoms with Gasteiger partial charge < -0.3 is 15.0 Å². The largest absolute Gasteiger partial charge is 0.444 e. The first-order valence-corrected chi connectivity index (χ1v) is 9.29. The second-order valence-corrected chi connectivity index (χ2v) is 8.47. The van der Waals surface area contributed by atoms with Crippen molar-refractivity contribution in [1.29, 1.82) is 0 Å². The molecule has 7 heteroatoms. The second-order valence-electron chi connectivity index (χ2n) is 8.47. The third kappa shape index (κ3) is 6.04. The Hall–Kier alpha value is -0.980. The van der Waals surface area contributed by atoms with Gasteiger partial charge in [0.15, 0.2) is 0 Å². The summed E-state index contributed by atoms with van der Waals surface area (Å²) < 4.78 is 43.3. The van der Waals surface area contributed by atoms with Crippen LogP contribution in [0.1, 0.15) is 66.2 Å². The van der Waals surface area contributed by atoms with Crippen molar-refractivity contribution in [2.24, 2.45) is 5.92 Å². The molecule has 25 heavy (non-hydrogen) atoms. The summed E-state index contributed by atoms with van der Waals surface area (Å²) in [5, 5.41) is 3.17. The van der Waals surface area contributed by atoms with E-state index in [-0.39, 0.29) is 24.1 Å². The smallest absolute Gasteiger partial charge is 0.410 e. The van der Waals surface area contributed by atoms with Crippen LogP contribution in [0.4, 0.5) is 18.0 Å². The highest BCUT2D eigenvalue weighted by atomic mass is 19.4. The summed E-state index contributed by atoms with van der Waals surface area (Å²) in [4.78, 5) is 14.3. The summed E-state index contributed by atoms with van der Waals surface area (Å²) in [7, 11) is 0. The van der Waals surface area contributed by atoms with Gasteiger partial charge >= 0.3 is 12.3 Å². The zero-order valence-electron chi connectivity index (χ0n) is 15.7. The van der Waals surface area contributed by atoms with Crippen LogP contribution in [0, 0.1) is 5.92 Å². The molecule has 0 aromatic heterocycles. The SMILES string of the molecule is CC(CC(F)(F)F)NC1CCCC1C1CCCN1C(=O)OC(C)(C)C. The highest BCUT2D eigenvalue weighted by molar-refractivity contribution is 5.69. The van der Waals surface area contributed by atoms with Gasteiger partial charge in [-0.25, -0.2) is 4.79 Å². The maximum Gasteiger partial charge on any atom is 0.410 e. The van der Waals surface area contributed by atoms with Crippen molar-refractivity contribution in [2.75, 3.05) is 6.54 Å². The molecule has 4 atom stereocenters. The van der Waals surface area contributed by atoms with Gasteiger partial charge in [0.2, 0.25) is 0 Å². The summed E-state index contributed by atoms with van der Waals surface area (Å²) in [6.07, 6.45) is -0.663. The Morgan fingerprint density at radius 3 is 2.48 bits per heavy atom. The number of ether oxygens (including phenoxy) is 1. The number of alkyl halides is 3. The molecule has 1 aliphatic heterocycles. The Morgan fingerprint density at radius 1 is 1.20 bits per heavy atom. The quantitative estimate of drug-likeness (QED) is 0.799. The maximum absolute atomic E-state index is 12.6. The maximum atomic E-state index is 12.6. The van der Waals surface area contributed by atoms with E-state index < -0.39 is 24.2 Å². The van der Waals surface area contributed by atoms with Crippen molar-refractivity contribution in [2.45, 2.75) is 96.1 Å². The van der Waals surface area contributed by atoms with E-state index in [0.717, 1.165) is 32.1 Å². The number of hydrogen-bond acceptors (Lipinski definition) is 3. The molecule has 1 N–H and O–H groups in total. The molecule has 1 saturated heterocycles. The lowest BCUT2D eigenvalue weighted by Crippen LogP contribution is -2.49. The van der Waals surface area contributed by atoms with Gasteiger partial charge in [0.1, 0.15) is 5.60 Å². The van der Waals surface area contributed by atoms with Crippen molar-refractivity contribution in [1.82, 2.24) is 10.2 Å². The number of amides is 1. The molecule has 1 saturated carbocycles. The first kappa shape index (κ1) is 20.3. The molecule has 0 spiro atoms. The molecule has 1 amide bonds. The Bertz CT molecular complexity index is 462. The zero-order valence-corrected chi connectivity index (χ0v) is 15.7. The monoisotopic (exact) mass is 364 g/mol. The van der Waals surface area contributed by atoms with E-state index >= 15 is 0 Å². The average Bonchev–Trinajstić information content (AvgIpc) is 3.01. The molecule has 0 aromatic rings. The third-order valence-electron chi connectivity index (χ3n) is 5.03. The van der Waals surface area contributed by atoms with Crippen molar-refractivity contribution in [3.63, 3.8) is 0 Å². The van der Waals surface area contributed by atoms with Crippen LogP contribution < -0.4 is 5.32 Å². The van der Waals surface area contributed by atoms with Gasteiger partial charge in [-0.3, -0.25) is 0 Å². The fourth-order valence-electron chi connectivity index (χ4n) is 4.21. The third-order valence-corrected chi connectivity index (χ3v) is 5.03. The summed E-state index contributed by atoms with van der Waals surface area (Å²) in [5.74, 6) is 0.200. The van der Waals surface area contributed by atoms with Gasteiger partial charge in [-0.05, 0) is 59.3 Å². The number of likely N-dealkylation sites (tertiary alicyclic amines) is 1. The van der Waals surface area contributed by atoms with E-state index in [1.807, 2.05) is 20.8 Å². The molecule has 2 rings (SSSR count). The van der Waals surface area contributed by atoms with Gasteiger partial charge in [0.05, 0.1) is 6.42 Å². The van der Waals surface area contributed by atoms with Crippen LogP contribution in [0.3, 0.4) is 0 Å². The van der Waals surface area contributed by atoms with E-state index in [4.69, 9.17) is 4.74 Å². The second kappa shape index (κ2) is 7.72. The molecule has 2 aliphatic rings. The van der Waals surface area contributed by atoms with Crippen LogP contribution in [0.15, 0.2) is 0 Å². The number of carbonyl (C=O) groups is 1. The van der Waals surface area contributed by atoms with E-state index in [2.05, 4.69) is 5.32 Å². The predicted octanol–water partition coefficient (Wildman–Crippen LogP) is 4.49. The van der Waals surface area contributed by atoms with E-state index in [9.17, 15) is 18.0 Å². The number of carbonyl (C=O) groups excluding carboxylic acids is 1. The van der Waals surface area contributed by atoms with Crippen LogP contribution in [0.25, 0.3) is 0 Å². The summed E-state index contributed by atoms with van der Waals surface area (Å²) in [6, 6.07) is -0.514. The molecule has 4 unspecified atom stereocenters. The van der Waals surface area contributed by atoms with Crippen molar-refractivity contribution < 1.29 is 22.7 Å². The Labute approximate surface area is 148 Å². The number of nitrogens with one attached hydrogen (secondary N) is 1. The minimum Gasteiger partial charge on any atom is -0.444 e. The highest BCUT2D eigenvalue weighted by Gasteiger charge is 2.43. The van der Waals surface area contributed by atoms with Crippen LogP contribution in [0.2, 0.25) is 0 Å². The minimum atomic E-state index is -4.16. The van der Waals surface area contributed by atoms with Gasteiger partial charge in [0, 0.05) is 24.7 Å². The summed E-state index contributed by atoms with van der Waals surface area (Å²) in [6.45, 7) is 7.78. The van der Waals surface area contributed by atoms with Crippen molar-refractivity contribution in [3.05, 3.63) is 0 Å². The van der Waals surface area contributed by atoms with Crippen LogP contribution >= 0.6 is 0 Å². The number of halogens is 3. The van der Waals surface area contributed by atoms with Crippen LogP contribution in [0.5, 0.6) is 0 Å². The molecular weight excluding hydrogens is 333 g/mol. The van der Waals surface area contributed by atoms with Gasteiger partial charge in [0.25, 0.3) is 0 Å². The van der Waals surface area contributed by atoms with E-state index in [1.165, 1.54) is 0 Å². The number of rotatable bonds is 4. The fourth-order valence-corrected chi connectivity index (χ4v) is 4.21. The molecule has 1 aliphatic carbocycles. The van der Waals surface area contributed by atoms with Crippen molar-refractivity contribution >= 4 is 6.09 Å². The molecule has 0 radical (unpaired) electrons. The lowest BCUT2D eigenvalue weighted by Gasteiger charge is -2.35. The Balaban J connectivity index is 1.99. The first-order valence-electron chi connectivity index (χ1n) is 9.29. The van der Waals surface area contributed by atoms with Crippen LogP contribution in [-0.2, 0) is 4.74 Å². The zero-order chi connectivity index (χ0) is 18.8. The Morgan fingerprint density at radius 2 is 1.88 bits per heavy atom.